The van der Waals surface area contributed by atoms with Gasteiger partial charge in [-0.2, -0.15) is 10.2 Å². The van der Waals surface area contributed by atoms with Gasteiger partial charge in [0.1, 0.15) is 0 Å². The summed E-state index contributed by atoms with van der Waals surface area (Å²) in [5, 5.41) is 17.8. The van der Waals surface area contributed by atoms with Gasteiger partial charge in [0.05, 0.1) is 18.1 Å². The van der Waals surface area contributed by atoms with Crippen LogP contribution in [0, 0.1) is 6.92 Å². The van der Waals surface area contributed by atoms with Gasteiger partial charge in [0, 0.05) is 23.4 Å². The molecule has 0 saturated carbocycles. The van der Waals surface area contributed by atoms with Crippen LogP contribution in [0.5, 0.6) is 11.5 Å². The molecule has 0 saturated heterocycles. The van der Waals surface area contributed by atoms with Gasteiger partial charge in [0.15, 0.2) is 11.5 Å². The predicted octanol–water partition coefficient (Wildman–Crippen LogP) is 2.56. The lowest BCUT2D eigenvalue weighted by Gasteiger charge is -2.07. The molecule has 4 rings (SSSR count). The van der Waals surface area contributed by atoms with E-state index in [0.29, 0.717) is 0 Å². The molecule has 2 aromatic heterocycles. The van der Waals surface area contributed by atoms with E-state index in [1.807, 2.05) is 30.6 Å². The van der Waals surface area contributed by atoms with Crippen LogP contribution in [0.4, 0.5) is 0 Å². The van der Waals surface area contributed by atoms with Crippen molar-refractivity contribution < 1.29 is 9.47 Å². The van der Waals surface area contributed by atoms with Crippen molar-refractivity contribution in [3.8, 4) is 22.8 Å². The van der Waals surface area contributed by atoms with Crippen LogP contribution in [-0.2, 0) is 13.0 Å². The van der Waals surface area contributed by atoms with Gasteiger partial charge in [-0.15, -0.1) is 0 Å². The molecule has 7 nitrogen and oxygen atoms in total. The lowest BCUT2D eigenvalue weighted by molar-refractivity contribution is 0.174. The second-order valence-electron chi connectivity index (χ2n) is 6.14. The molecule has 1 aromatic carbocycles. The van der Waals surface area contributed by atoms with Gasteiger partial charge < -0.3 is 14.8 Å². The van der Waals surface area contributed by atoms with E-state index < -0.39 is 0 Å². The fourth-order valence-electron chi connectivity index (χ4n) is 3.00. The Labute approximate surface area is 145 Å². The van der Waals surface area contributed by atoms with Crippen molar-refractivity contribution in [2.45, 2.75) is 26.3 Å². The van der Waals surface area contributed by atoms with Crippen LogP contribution in [-0.4, -0.2) is 33.7 Å². The van der Waals surface area contributed by atoms with E-state index in [4.69, 9.17) is 9.47 Å². The van der Waals surface area contributed by atoms with E-state index in [-0.39, 0.29) is 6.79 Å². The van der Waals surface area contributed by atoms with Crippen molar-refractivity contribution in [1.29, 1.82) is 0 Å². The molecule has 0 radical (unpaired) electrons. The number of aryl methyl sites for hydroxylation is 2. The first-order valence-electron chi connectivity index (χ1n) is 8.43. The Morgan fingerprint density at radius 3 is 2.80 bits per heavy atom. The summed E-state index contributed by atoms with van der Waals surface area (Å²) in [6.45, 7) is 4.05. The monoisotopic (exact) mass is 339 g/mol. The highest BCUT2D eigenvalue weighted by molar-refractivity contribution is 5.66. The maximum atomic E-state index is 5.46. The number of ether oxygens (including phenoxy) is 2. The zero-order chi connectivity index (χ0) is 17.1. The summed E-state index contributed by atoms with van der Waals surface area (Å²) in [5.74, 6) is 1.57. The molecule has 7 heteroatoms. The second-order valence-corrected chi connectivity index (χ2v) is 6.14. The first kappa shape index (κ1) is 15.7. The Morgan fingerprint density at radius 1 is 1.08 bits per heavy atom. The number of hydrogen-bond donors (Lipinski definition) is 3. The third-order valence-electron chi connectivity index (χ3n) is 4.43. The Morgan fingerprint density at radius 2 is 1.92 bits per heavy atom. The standard InChI is InChI=1S/C18H21N5O2/c1-12-14(9-20-22-12)3-2-6-19-8-15-10-21-23-18(15)13-4-5-16-17(7-13)25-11-24-16/h4-5,7,9-10,19H,2-3,6,8,11H2,1H3,(H,20,22)(H,21,23). The minimum Gasteiger partial charge on any atom is -0.454 e. The smallest absolute Gasteiger partial charge is 0.231 e. The van der Waals surface area contributed by atoms with Gasteiger partial charge in [0.2, 0.25) is 6.79 Å². The van der Waals surface area contributed by atoms with Gasteiger partial charge in [-0.3, -0.25) is 10.2 Å². The number of rotatable bonds is 7. The first-order valence-corrected chi connectivity index (χ1v) is 8.43. The van der Waals surface area contributed by atoms with Crippen molar-refractivity contribution in [3.05, 3.63) is 47.4 Å². The SMILES string of the molecule is Cc1[nH]ncc1CCCNCc1cn[nH]c1-c1ccc2c(c1)OCO2. The van der Waals surface area contributed by atoms with Crippen LogP contribution in [0.25, 0.3) is 11.3 Å². The molecule has 1 aliphatic rings. The molecular formula is C18H21N5O2. The van der Waals surface area contributed by atoms with Crippen molar-refractivity contribution >= 4 is 0 Å². The number of benzene rings is 1. The van der Waals surface area contributed by atoms with Crippen molar-refractivity contribution in [2.75, 3.05) is 13.3 Å². The minimum absolute atomic E-state index is 0.284. The molecule has 3 heterocycles. The largest absolute Gasteiger partial charge is 0.454 e. The van der Waals surface area contributed by atoms with E-state index in [1.165, 1.54) is 5.56 Å². The first-order chi connectivity index (χ1) is 12.3. The molecule has 0 atom stereocenters. The molecule has 0 unspecified atom stereocenters. The number of hydrogen-bond acceptors (Lipinski definition) is 5. The van der Waals surface area contributed by atoms with Crippen LogP contribution in [0.1, 0.15) is 23.2 Å². The van der Waals surface area contributed by atoms with E-state index >= 15 is 0 Å². The summed E-state index contributed by atoms with van der Waals surface area (Å²) in [6, 6.07) is 5.94. The van der Waals surface area contributed by atoms with Crippen molar-refractivity contribution in [1.82, 2.24) is 25.7 Å². The fraction of sp³-hybridized carbons (Fsp3) is 0.333. The summed E-state index contributed by atoms with van der Waals surface area (Å²) < 4.78 is 10.8. The topological polar surface area (TPSA) is 87.9 Å². The van der Waals surface area contributed by atoms with Crippen LogP contribution < -0.4 is 14.8 Å². The van der Waals surface area contributed by atoms with Crippen LogP contribution in [0.3, 0.4) is 0 Å². The molecule has 3 aromatic rings. The molecule has 25 heavy (non-hydrogen) atoms. The number of H-pyrrole nitrogens is 2. The van der Waals surface area contributed by atoms with E-state index in [2.05, 4.69) is 32.6 Å². The molecule has 130 valence electrons. The maximum Gasteiger partial charge on any atom is 0.231 e. The third-order valence-corrected chi connectivity index (χ3v) is 4.43. The summed E-state index contributed by atoms with van der Waals surface area (Å²) in [7, 11) is 0. The molecule has 0 fully saturated rings. The highest BCUT2D eigenvalue weighted by Crippen LogP contribution is 2.36. The molecule has 3 N–H and O–H groups in total. The molecule has 0 spiro atoms. The Balaban J connectivity index is 1.33. The number of aromatic nitrogens is 4. The van der Waals surface area contributed by atoms with Gasteiger partial charge in [-0.25, -0.2) is 0 Å². The average molecular weight is 339 g/mol. The molecule has 1 aliphatic heterocycles. The van der Waals surface area contributed by atoms with Gasteiger partial charge in [0.25, 0.3) is 0 Å². The van der Waals surface area contributed by atoms with Gasteiger partial charge in [-0.05, 0) is 50.1 Å². The fourth-order valence-corrected chi connectivity index (χ4v) is 3.00. The van der Waals surface area contributed by atoms with Crippen LogP contribution >= 0.6 is 0 Å². The van der Waals surface area contributed by atoms with Crippen molar-refractivity contribution in [2.24, 2.45) is 0 Å². The van der Waals surface area contributed by atoms with Gasteiger partial charge >= 0.3 is 0 Å². The summed E-state index contributed by atoms with van der Waals surface area (Å²) in [5.41, 5.74) is 5.63. The lowest BCUT2D eigenvalue weighted by Crippen LogP contribution is -2.15. The van der Waals surface area contributed by atoms with E-state index in [1.54, 1.807) is 0 Å². The number of nitrogens with zero attached hydrogens (tertiary/aromatic N) is 2. The van der Waals surface area contributed by atoms with Crippen molar-refractivity contribution in [3.63, 3.8) is 0 Å². The zero-order valence-corrected chi connectivity index (χ0v) is 14.1. The number of fused-ring (bicyclic) bond motifs is 1. The highest BCUT2D eigenvalue weighted by atomic mass is 16.7. The summed E-state index contributed by atoms with van der Waals surface area (Å²) in [6.07, 6.45) is 5.86. The highest BCUT2D eigenvalue weighted by Gasteiger charge is 2.16. The van der Waals surface area contributed by atoms with Gasteiger partial charge in [-0.1, -0.05) is 0 Å². The minimum atomic E-state index is 0.284. The van der Waals surface area contributed by atoms with Crippen LogP contribution in [0.15, 0.2) is 30.6 Å². The normalized spacial score (nSPS) is 12.7. The molecule has 0 amide bonds. The Hall–Kier alpha value is -2.80. The quantitative estimate of drug-likeness (QED) is 0.576. The van der Waals surface area contributed by atoms with E-state index in [9.17, 15) is 0 Å². The second kappa shape index (κ2) is 6.98. The van der Waals surface area contributed by atoms with Crippen LogP contribution in [0.2, 0.25) is 0 Å². The molecular weight excluding hydrogens is 318 g/mol. The summed E-state index contributed by atoms with van der Waals surface area (Å²) in [4.78, 5) is 0. The number of aromatic amines is 2. The number of nitrogens with one attached hydrogen (secondary N) is 3. The Bertz CT molecular complexity index is 855. The maximum absolute atomic E-state index is 5.46. The molecule has 0 bridgehead atoms. The zero-order valence-electron chi connectivity index (χ0n) is 14.1. The Kier molecular flexibility index (Phi) is 4.39. The predicted molar refractivity (Wildman–Crippen MR) is 93.5 cm³/mol. The third kappa shape index (κ3) is 3.36. The summed E-state index contributed by atoms with van der Waals surface area (Å²) >= 11 is 0. The average Bonchev–Trinajstić information content (AvgIpc) is 3.35. The van der Waals surface area contributed by atoms with E-state index in [0.717, 1.165) is 59.9 Å². The molecule has 0 aliphatic carbocycles. The lowest BCUT2D eigenvalue weighted by atomic mass is 10.1.